The number of nitrogens with zero attached hydrogens (tertiary/aromatic N) is 1. The minimum Gasteiger partial charge on any atom is -0.366 e. The van der Waals surface area contributed by atoms with Crippen molar-refractivity contribution < 1.29 is 13.9 Å². The normalized spacial score (nSPS) is 24.3. The maximum absolute atomic E-state index is 12.9. The minimum atomic E-state index is -0.250. The van der Waals surface area contributed by atoms with Crippen LogP contribution in [0, 0.1) is 11.7 Å². The van der Waals surface area contributed by atoms with Gasteiger partial charge < -0.3 is 15.0 Å². The molecule has 1 amide bonds. The summed E-state index contributed by atoms with van der Waals surface area (Å²) in [6, 6.07) is 6.34. The number of halogens is 1. The molecule has 0 bridgehead atoms. The van der Waals surface area contributed by atoms with E-state index in [-0.39, 0.29) is 24.4 Å². The van der Waals surface area contributed by atoms with Gasteiger partial charge in [-0.05, 0) is 49.5 Å². The van der Waals surface area contributed by atoms with Gasteiger partial charge in [0.2, 0.25) is 5.91 Å². The molecule has 1 unspecified atom stereocenters. The van der Waals surface area contributed by atoms with Gasteiger partial charge in [0.15, 0.2) is 0 Å². The number of nitrogens with one attached hydrogen (secondary N) is 1. The molecule has 0 aromatic heterocycles. The highest BCUT2D eigenvalue weighted by Crippen LogP contribution is 2.23. The van der Waals surface area contributed by atoms with E-state index >= 15 is 0 Å². The van der Waals surface area contributed by atoms with Gasteiger partial charge in [-0.1, -0.05) is 12.1 Å². The SMILES string of the molecule is O=C1COC(C2CCNCC2)CN1Cc1ccc(F)cc1. The number of carbonyl (C=O) groups is 1. The van der Waals surface area contributed by atoms with Crippen molar-refractivity contribution in [3.05, 3.63) is 35.6 Å². The quantitative estimate of drug-likeness (QED) is 0.919. The molecule has 2 aliphatic heterocycles. The number of amides is 1. The van der Waals surface area contributed by atoms with E-state index in [2.05, 4.69) is 5.32 Å². The summed E-state index contributed by atoms with van der Waals surface area (Å²) in [6.45, 7) is 3.38. The Morgan fingerprint density at radius 3 is 2.67 bits per heavy atom. The van der Waals surface area contributed by atoms with Gasteiger partial charge in [-0.15, -0.1) is 0 Å². The molecular formula is C16H21FN2O2. The smallest absolute Gasteiger partial charge is 0.248 e. The van der Waals surface area contributed by atoms with Gasteiger partial charge in [0, 0.05) is 13.1 Å². The van der Waals surface area contributed by atoms with Gasteiger partial charge in [0.05, 0.1) is 6.10 Å². The van der Waals surface area contributed by atoms with E-state index in [1.807, 2.05) is 4.90 Å². The highest BCUT2D eigenvalue weighted by atomic mass is 19.1. The van der Waals surface area contributed by atoms with Crippen molar-refractivity contribution in [3.63, 3.8) is 0 Å². The van der Waals surface area contributed by atoms with Crippen molar-refractivity contribution in [2.45, 2.75) is 25.5 Å². The second kappa shape index (κ2) is 6.54. The van der Waals surface area contributed by atoms with E-state index in [0.29, 0.717) is 19.0 Å². The summed E-state index contributed by atoms with van der Waals surface area (Å²) in [4.78, 5) is 13.8. The summed E-state index contributed by atoms with van der Waals surface area (Å²) in [5.41, 5.74) is 0.954. The third kappa shape index (κ3) is 3.60. The predicted molar refractivity (Wildman–Crippen MR) is 77.2 cm³/mol. The lowest BCUT2D eigenvalue weighted by atomic mass is 9.91. The Labute approximate surface area is 124 Å². The van der Waals surface area contributed by atoms with E-state index in [1.54, 1.807) is 12.1 Å². The van der Waals surface area contributed by atoms with E-state index < -0.39 is 0 Å². The van der Waals surface area contributed by atoms with E-state index in [4.69, 9.17) is 4.74 Å². The molecule has 1 aromatic carbocycles. The van der Waals surface area contributed by atoms with Gasteiger partial charge in [0.25, 0.3) is 0 Å². The molecule has 1 N–H and O–H groups in total. The van der Waals surface area contributed by atoms with Crippen LogP contribution in [0.25, 0.3) is 0 Å². The number of hydrogen-bond donors (Lipinski definition) is 1. The topological polar surface area (TPSA) is 41.6 Å². The van der Waals surface area contributed by atoms with Gasteiger partial charge in [-0.25, -0.2) is 4.39 Å². The zero-order valence-electron chi connectivity index (χ0n) is 12.1. The average molecular weight is 292 g/mol. The minimum absolute atomic E-state index is 0.0181. The predicted octanol–water partition coefficient (Wildman–Crippen LogP) is 1.55. The molecule has 0 aliphatic carbocycles. The zero-order valence-corrected chi connectivity index (χ0v) is 12.1. The van der Waals surface area contributed by atoms with Crippen LogP contribution in [0.2, 0.25) is 0 Å². The number of carbonyl (C=O) groups excluding carboxylic acids is 1. The van der Waals surface area contributed by atoms with Crippen LogP contribution in [0.1, 0.15) is 18.4 Å². The lowest BCUT2D eigenvalue weighted by Crippen LogP contribution is -2.50. The fourth-order valence-electron chi connectivity index (χ4n) is 3.11. The largest absolute Gasteiger partial charge is 0.366 e. The van der Waals surface area contributed by atoms with Crippen LogP contribution in [-0.2, 0) is 16.1 Å². The molecule has 2 aliphatic rings. The lowest BCUT2D eigenvalue weighted by molar-refractivity contribution is -0.153. The Morgan fingerprint density at radius 1 is 1.24 bits per heavy atom. The summed E-state index contributed by atoms with van der Waals surface area (Å²) in [6.07, 6.45) is 2.33. The van der Waals surface area contributed by atoms with Crippen molar-refractivity contribution in [2.24, 2.45) is 5.92 Å². The Bertz CT molecular complexity index is 486. The van der Waals surface area contributed by atoms with Crippen molar-refractivity contribution in [1.29, 1.82) is 0 Å². The fourth-order valence-corrected chi connectivity index (χ4v) is 3.11. The highest BCUT2D eigenvalue weighted by Gasteiger charge is 2.32. The molecule has 21 heavy (non-hydrogen) atoms. The molecule has 1 atom stereocenters. The monoisotopic (exact) mass is 292 g/mol. The molecule has 5 heteroatoms. The van der Waals surface area contributed by atoms with Gasteiger partial charge in [-0.3, -0.25) is 4.79 Å². The Balaban J connectivity index is 1.62. The number of piperidine rings is 1. The molecule has 114 valence electrons. The number of rotatable bonds is 3. The number of ether oxygens (including phenoxy) is 1. The van der Waals surface area contributed by atoms with Crippen LogP contribution in [-0.4, -0.2) is 43.2 Å². The van der Waals surface area contributed by atoms with Crippen LogP contribution in [0.15, 0.2) is 24.3 Å². The summed E-state index contributed by atoms with van der Waals surface area (Å²) in [5, 5.41) is 3.35. The molecule has 2 heterocycles. The molecule has 2 fully saturated rings. The number of benzene rings is 1. The maximum atomic E-state index is 12.9. The fraction of sp³-hybridized carbons (Fsp3) is 0.562. The average Bonchev–Trinajstić information content (AvgIpc) is 2.52. The second-order valence-corrected chi connectivity index (χ2v) is 5.84. The number of morpholine rings is 1. The van der Waals surface area contributed by atoms with E-state index in [0.717, 1.165) is 31.5 Å². The first-order valence-electron chi connectivity index (χ1n) is 7.57. The van der Waals surface area contributed by atoms with Crippen molar-refractivity contribution in [2.75, 3.05) is 26.2 Å². The third-order valence-corrected chi connectivity index (χ3v) is 4.37. The summed E-state index contributed by atoms with van der Waals surface area (Å²) >= 11 is 0. The summed E-state index contributed by atoms with van der Waals surface area (Å²) in [7, 11) is 0. The summed E-state index contributed by atoms with van der Waals surface area (Å²) < 4.78 is 18.7. The Hall–Kier alpha value is -1.46. The first-order valence-corrected chi connectivity index (χ1v) is 7.57. The number of hydrogen-bond acceptors (Lipinski definition) is 3. The first-order chi connectivity index (χ1) is 10.2. The van der Waals surface area contributed by atoms with Crippen molar-refractivity contribution >= 4 is 5.91 Å². The van der Waals surface area contributed by atoms with Crippen LogP contribution in [0.5, 0.6) is 0 Å². The molecule has 3 rings (SSSR count). The summed E-state index contributed by atoms with van der Waals surface area (Å²) in [5.74, 6) is 0.291. The van der Waals surface area contributed by atoms with Gasteiger partial charge >= 0.3 is 0 Å². The molecule has 4 nitrogen and oxygen atoms in total. The van der Waals surface area contributed by atoms with Gasteiger partial charge in [-0.2, -0.15) is 0 Å². The van der Waals surface area contributed by atoms with E-state index in [9.17, 15) is 9.18 Å². The molecule has 0 radical (unpaired) electrons. The molecule has 0 spiro atoms. The van der Waals surface area contributed by atoms with Crippen LogP contribution < -0.4 is 5.32 Å². The first kappa shape index (κ1) is 14.5. The van der Waals surface area contributed by atoms with Crippen LogP contribution in [0.3, 0.4) is 0 Å². The highest BCUT2D eigenvalue weighted by molar-refractivity contribution is 5.78. The Kier molecular flexibility index (Phi) is 4.51. The van der Waals surface area contributed by atoms with Crippen LogP contribution >= 0.6 is 0 Å². The van der Waals surface area contributed by atoms with E-state index in [1.165, 1.54) is 12.1 Å². The lowest BCUT2D eigenvalue weighted by Gasteiger charge is -2.38. The Morgan fingerprint density at radius 2 is 1.95 bits per heavy atom. The van der Waals surface area contributed by atoms with Crippen molar-refractivity contribution in [1.82, 2.24) is 10.2 Å². The maximum Gasteiger partial charge on any atom is 0.248 e. The van der Waals surface area contributed by atoms with Crippen molar-refractivity contribution in [3.8, 4) is 0 Å². The third-order valence-electron chi connectivity index (χ3n) is 4.37. The van der Waals surface area contributed by atoms with Crippen LogP contribution in [0.4, 0.5) is 4.39 Å². The standard InChI is InChI=1S/C16H21FN2O2/c17-14-3-1-12(2-4-14)9-19-10-15(21-11-16(19)20)13-5-7-18-8-6-13/h1-4,13,15,18H,5-11H2. The molecule has 0 saturated carbocycles. The molecule has 1 aromatic rings. The molecular weight excluding hydrogens is 271 g/mol. The van der Waals surface area contributed by atoms with Gasteiger partial charge in [0.1, 0.15) is 12.4 Å². The zero-order chi connectivity index (χ0) is 14.7. The molecule has 2 saturated heterocycles. The second-order valence-electron chi connectivity index (χ2n) is 5.84.